The lowest BCUT2D eigenvalue weighted by Gasteiger charge is -2.62. The van der Waals surface area contributed by atoms with Crippen molar-refractivity contribution >= 4 is 0 Å². The summed E-state index contributed by atoms with van der Waals surface area (Å²) in [5.41, 5.74) is 0.673. The molecule has 0 nitrogen and oxygen atoms in total. The number of hydrogen-bond donors (Lipinski definition) is 0. The molecule has 0 heterocycles. The van der Waals surface area contributed by atoms with E-state index in [2.05, 4.69) is 20.8 Å². The molecule has 0 radical (unpaired) electrons. The molecule has 0 aromatic rings. The fourth-order valence-corrected chi connectivity index (χ4v) is 4.90. The van der Waals surface area contributed by atoms with Gasteiger partial charge in [-0.3, -0.25) is 0 Å². The van der Waals surface area contributed by atoms with Gasteiger partial charge in [0.25, 0.3) is 0 Å². The lowest BCUT2D eigenvalue weighted by atomic mass is 9.43. The zero-order chi connectivity index (χ0) is 9.22. The van der Waals surface area contributed by atoms with Gasteiger partial charge in [0.2, 0.25) is 0 Å². The Morgan fingerprint density at radius 3 is 2.54 bits per heavy atom. The Kier molecular flexibility index (Phi) is 1.49. The molecule has 4 rings (SSSR count). The molecule has 0 saturated heterocycles. The monoisotopic (exact) mass is 178 g/mol. The van der Waals surface area contributed by atoms with Gasteiger partial charge < -0.3 is 0 Å². The molecule has 0 N–H and O–H groups in total. The van der Waals surface area contributed by atoms with Crippen LogP contribution in [-0.2, 0) is 0 Å². The predicted octanol–water partition coefficient (Wildman–Crippen LogP) is 3.71. The maximum atomic E-state index is 2.54. The minimum atomic E-state index is 0.673. The van der Waals surface area contributed by atoms with Crippen LogP contribution in [0.2, 0.25) is 0 Å². The average Bonchev–Trinajstić information content (AvgIpc) is 2.08. The Morgan fingerprint density at radius 1 is 1.00 bits per heavy atom. The second-order valence-electron chi connectivity index (χ2n) is 6.55. The highest BCUT2D eigenvalue weighted by molar-refractivity contribution is 5.04. The van der Waals surface area contributed by atoms with Crippen molar-refractivity contribution in [2.45, 2.75) is 46.5 Å². The molecular formula is C13H22. The summed E-state index contributed by atoms with van der Waals surface area (Å²) in [7, 11) is 0. The van der Waals surface area contributed by atoms with Crippen molar-refractivity contribution in [1.82, 2.24) is 0 Å². The first kappa shape index (κ1) is 8.32. The summed E-state index contributed by atoms with van der Waals surface area (Å²) in [6, 6.07) is 0. The molecule has 0 heteroatoms. The van der Waals surface area contributed by atoms with E-state index in [9.17, 15) is 0 Å². The molecule has 0 aromatic carbocycles. The number of hydrogen-bond acceptors (Lipinski definition) is 0. The molecule has 4 aliphatic rings. The SMILES string of the molecule is CC1C2CC3CC(C2)C(C)(C)C1C3. The third-order valence-corrected chi connectivity index (χ3v) is 5.81. The molecule has 4 bridgehead atoms. The Hall–Kier alpha value is 0. The van der Waals surface area contributed by atoms with Crippen molar-refractivity contribution in [2.24, 2.45) is 35.0 Å². The van der Waals surface area contributed by atoms with Gasteiger partial charge >= 0.3 is 0 Å². The van der Waals surface area contributed by atoms with E-state index >= 15 is 0 Å². The van der Waals surface area contributed by atoms with E-state index < -0.39 is 0 Å². The summed E-state index contributed by atoms with van der Waals surface area (Å²) >= 11 is 0. The van der Waals surface area contributed by atoms with E-state index in [1.54, 1.807) is 25.7 Å². The van der Waals surface area contributed by atoms with Crippen LogP contribution in [0, 0.1) is 35.0 Å². The highest BCUT2D eigenvalue weighted by Gasteiger charge is 2.55. The largest absolute Gasteiger partial charge is 0.0620 e. The van der Waals surface area contributed by atoms with Crippen LogP contribution in [0.4, 0.5) is 0 Å². The Bertz CT molecular complexity index is 228. The first-order chi connectivity index (χ1) is 6.09. The minimum Gasteiger partial charge on any atom is -0.0620 e. The summed E-state index contributed by atoms with van der Waals surface area (Å²) in [4.78, 5) is 0. The summed E-state index contributed by atoms with van der Waals surface area (Å²) in [6.07, 6.45) is 6.25. The molecule has 5 atom stereocenters. The van der Waals surface area contributed by atoms with Gasteiger partial charge in [0, 0.05) is 0 Å². The van der Waals surface area contributed by atoms with E-state index in [1.807, 2.05) is 0 Å². The first-order valence-corrected chi connectivity index (χ1v) is 6.09. The van der Waals surface area contributed by atoms with Gasteiger partial charge in [-0.05, 0) is 60.7 Å². The summed E-state index contributed by atoms with van der Waals surface area (Å²) in [5.74, 6) is 5.39. The first-order valence-electron chi connectivity index (χ1n) is 6.09. The van der Waals surface area contributed by atoms with Gasteiger partial charge in [-0.2, -0.15) is 0 Å². The normalized spacial score (nSPS) is 57.0. The third-order valence-electron chi connectivity index (χ3n) is 5.81. The van der Waals surface area contributed by atoms with Gasteiger partial charge in [0.05, 0.1) is 0 Å². The van der Waals surface area contributed by atoms with Gasteiger partial charge in [0.15, 0.2) is 0 Å². The van der Waals surface area contributed by atoms with Crippen molar-refractivity contribution in [3.05, 3.63) is 0 Å². The van der Waals surface area contributed by atoms with Crippen molar-refractivity contribution in [2.75, 3.05) is 0 Å². The number of rotatable bonds is 0. The highest BCUT2D eigenvalue weighted by Crippen LogP contribution is 2.63. The fourth-order valence-electron chi connectivity index (χ4n) is 4.90. The van der Waals surface area contributed by atoms with E-state index in [1.165, 1.54) is 0 Å². The zero-order valence-corrected chi connectivity index (χ0v) is 9.22. The predicted molar refractivity (Wildman–Crippen MR) is 55.4 cm³/mol. The second kappa shape index (κ2) is 2.32. The van der Waals surface area contributed by atoms with Crippen molar-refractivity contribution in [1.29, 1.82) is 0 Å². The van der Waals surface area contributed by atoms with Gasteiger partial charge in [-0.15, -0.1) is 0 Å². The molecule has 0 aliphatic heterocycles. The fraction of sp³-hybridized carbons (Fsp3) is 1.00. The molecule has 4 saturated carbocycles. The molecule has 0 spiro atoms. The average molecular weight is 178 g/mol. The molecular weight excluding hydrogens is 156 g/mol. The Labute approximate surface area is 82.1 Å². The minimum absolute atomic E-state index is 0.673. The van der Waals surface area contributed by atoms with Crippen LogP contribution >= 0.6 is 0 Å². The highest BCUT2D eigenvalue weighted by atomic mass is 14.6. The van der Waals surface area contributed by atoms with Crippen molar-refractivity contribution in [3.63, 3.8) is 0 Å². The van der Waals surface area contributed by atoms with Crippen LogP contribution in [0.15, 0.2) is 0 Å². The molecule has 74 valence electrons. The molecule has 4 aliphatic carbocycles. The summed E-state index contributed by atoms with van der Waals surface area (Å²) < 4.78 is 0. The zero-order valence-electron chi connectivity index (χ0n) is 9.22. The second-order valence-corrected chi connectivity index (χ2v) is 6.55. The third kappa shape index (κ3) is 0.926. The smallest absolute Gasteiger partial charge is 0.0295 e. The molecule has 5 unspecified atom stereocenters. The van der Waals surface area contributed by atoms with Crippen LogP contribution in [0.3, 0.4) is 0 Å². The van der Waals surface area contributed by atoms with Crippen molar-refractivity contribution < 1.29 is 0 Å². The summed E-state index contributed by atoms with van der Waals surface area (Å²) in [6.45, 7) is 7.60. The molecule has 4 fully saturated rings. The van der Waals surface area contributed by atoms with Crippen LogP contribution in [0.1, 0.15) is 46.5 Å². The molecule has 13 heavy (non-hydrogen) atoms. The molecule has 0 amide bonds. The van der Waals surface area contributed by atoms with E-state index in [-0.39, 0.29) is 0 Å². The van der Waals surface area contributed by atoms with Crippen LogP contribution in [0.25, 0.3) is 0 Å². The van der Waals surface area contributed by atoms with Crippen LogP contribution in [0.5, 0.6) is 0 Å². The Morgan fingerprint density at radius 2 is 1.77 bits per heavy atom. The lowest BCUT2D eigenvalue weighted by molar-refractivity contribution is -0.125. The summed E-state index contributed by atoms with van der Waals surface area (Å²) in [5, 5.41) is 0. The Balaban J connectivity index is 1.99. The maximum Gasteiger partial charge on any atom is -0.0295 e. The quantitative estimate of drug-likeness (QED) is 0.530. The van der Waals surface area contributed by atoms with Crippen LogP contribution < -0.4 is 0 Å². The van der Waals surface area contributed by atoms with Gasteiger partial charge in [-0.25, -0.2) is 0 Å². The van der Waals surface area contributed by atoms with Crippen LogP contribution in [-0.4, -0.2) is 0 Å². The topological polar surface area (TPSA) is 0 Å². The lowest BCUT2D eigenvalue weighted by Crippen LogP contribution is -2.54. The maximum absolute atomic E-state index is 2.54. The standard InChI is InChI=1S/C13H22/c1-8-10-4-9-5-11(7-10)13(2,3)12(8)6-9/h8-12H,4-7H2,1-3H3. The van der Waals surface area contributed by atoms with Crippen molar-refractivity contribution in [3.8, 4) is 0 Å². The van der Waals surface area contributed by atoms with E-state index in [0.717, 1.165) is 29.6 Å². The van der Waals surface area contributed by atoms with E-state index in [0.29, 0.717) is 5.41 Å². The van der Waals surface area contributed by atoms with Gasteiger partial charge in [-0.1, -0.05) is 20.8 Å². The molecule has 0 aromatic heterocycles. The van der Waals surface area contributed by atoms with E-state index in [4.69, 9.17) is 0 Å². The van der Waals surface area contributed by atoms with Gasteiger partial charge in [0.1, 0.15) is 0 Å².